The van der Waals surface area contributed by atoms with Crippen molar-refractivity contribution in [3.8, 4) is 11.5 Å². The monoisotopic (exact) mass is 378 g/mol. The molecule has 0 aromatic heterocycles. The topological polar surface area (TPSA) is 27.7 Å². The fourth-order valence-electron chi connectivity index (χ4n) is 2.18. The number of ether oxygens (including phenoxy) is 3. The van der Waals surface area contributed by atoms with Gasteiger partial charge in [-0.15, -0.1) is 0 Å². The number of alkyl halides is 1. The number of hydrogen-bond acceptors (Lipinski definition) is 3. The summed E-state index contributed by atoms with van der Waals surface area (Å²) in [6.45, 7) is 1.91. The molecule has 0 fully saturated rings. The van der Waals surface area contributed by atoms with Crippen LogP contribution in [-0.4, -0.2) is 25.7 Å². The predicted octanol–water partition coefficient (Wildman–Crippen LogP) is 4.62. The van der Waals surface area contributed by atoms with E-state index in [1.165, 1.54) is 5.56 Å². The largest absolute Gasteiger partial charge is 0.493 e. The van der Waals surface area contributed by atoms with E-state index in [0.29, 0.717) is 19.8 Å². The molecule has 0 aliphatic carbocycles. The van der Waals surface area contributed by atoms with Crippen molar-refractivity contribution in [3.63, 3.8) is 0 Å². The van der Waals surface area contributed by atoms with E-state index < -0.39 is 0 Å². The minimum absolute atomic E-state index is 0.557. The minimum Gasteiger partial charge on any atom is -0.493 e. The van der Waals surface area contributed by atoms with E-state index in [2.05, 4.69) is 40.2 Å². The molecule has 0 bridgehead atoms. The molecule has 124 valence electrons. The highest BCUT2D eigenvalue weighted by molar-refractivity contribution is 9.09. The maximum Gasteiger partial charge on any atom is 0.123 e. The van der Waals surface area contributed by atoms with Crippen LogP contribution in [0.3, 0.4) is 0 Å². The summed E-state index contributed by atoms with van der Waals surface area (Å²) in [5.41, 5.74) is 2.36. The van der Waals surface area contributed by atoms with Gasteiger partial charge in [-0.05, 0) is 29.7 Å². The predicted molar refractivity (Wildman–Crippen MR) is 96.7 cm³/mol. The Bertz CT molecular complexity index is 572. The van der Waals surface area contributed by atoms with Crippen LogP contribution in [0.25, 0.3) is 0 Å². The van der Waals surface area contributed by atoms with Gasteiger partial charge in [-0.1, -0.05) is 46.3 Å². The number of benzene rings is 2. The third kappa shape index (κ3) is 6.63. The molecular weight excluding hydrogens is 356 g/mol. The van der Waals surface area contributed by atoms with Crippen molar-refractivity contribution in [1.29, 1.82) is 0 Å². The second-order valence-electron chi connectivity index (χ2n) is 5.22. The van der Waals surface area contributed by atoms with Crippen LogP contribution in [-0.2, 0) is 17.8 Å². The van der Waals surface area contributed by atoms with Gasteiger partial charge in [0.05, 0.1) is 6.61 Å². The summed E-state index contributed by atoms with van der Waals surface area (Å²) in [5.74, 6) is 1.69. The molecule has 0 unspecified atom stereocenters. The van der Waals surface area contributed by atoms with Crippen molar-refractivity contribution in [2.45, 2.75) is 19.4 Å². The van der Waals surface area contributed by atoms with E-state index in [1.807, 2.05) is 24.3 Å². The molecule has 0 aliphatic heterocycles. The van der Waals surface area contributed by atoms with E-state index in [0.717, 1.165) is 35.2 Å². The second kappa shape index (κ2) is 10.3. The van der Waals surface area contributed by atoms with Crippen LogP contribution < -0.4 is 9.47 Å². The van der Waals surface area contributed by atoms with Crippen molar-refractivity contribution in [2.75, 3.05) is 25.7 Å². The molecule has 2 aromatic carbocycles. The highest BCUT2D eigenvalue weighted by Crippen LogP contribution is 2.24. The first kappa shape index (κ1) is 17.8. The molecule has 3 nitrogen and oxygen atoms in total. The zero-order valence-corrected chi connectivity index (χ0v) is 15.1. The number of halogens is 1. The summed E-state index contributed by atoms with van der Waals surface area (Å²) in [6.07, 6.45) is 1.82. The van der Waals surface area contributed by atoms with E-state index in [1.54, 1.807) is 7.11 Å². The SMILES string of the molecule is COCCCOc1cc(CCBr)cc(OCc2ccccc2)c1. The number of methoxy groups -OCH3 is 1. The molecule has 0 atom stereocenters. The third-order valence-corrected chi connectivity index (χ3v) is 3.73. The highest BCUT2D eigenvalue weighted by Gasteiger charge is 2.04. The lowest BCUT2D eigenvalue weighted by atomic mass is 10.1. The summed E-state index contributed by atoms with van der Waals surface area (Å²) in [5, 5.41) is 0.915. The van der Waals surface area contributed by atoms with Crippen LogP contribution in [0, 0.1) is 0 Å². The van der Waals surface area contributed by atoms with Crippen LogP contribution in [0.15, 0.2) is 48.5 Å². The van der Waals surface area contributed by atoms with Gasteiger partial charge in [0, 0.05) is 31.5 Å². The molecule has 0 amide bonds. The van der Waals surface area contributed by atoms with Gasteiger partial charge in [0.15, 0.2) is 0 Å². The van der Waals surface area contributed by atoms with Crippen LogP contribution >= 0.6 is 15.9 Å². The maximum absolute atomic E-state index is 5.93. The third-order valence-electron chi connectivity index (χ3n) is 3.33. The molecule has 0 N–H and O–H groups in total. The van der Waals surface area contributed by atoms with Crippen molar-refractivity contribution in [2.24, 2.45) is 0 Å². The second-order valence-corrected chi connectivity index (χ2v) is 6.01. The summed E-state index contributed by atoms with van der Waals surface area (Å²) < 4.78 is 16.8. The van der Waals surface area contributed by atoms with E-state index >= 15 is 0 Å². The Balaban J connectivity index is 2.00. The fourth-order valence-corrected chi connectivity index (χ4v) is 2.64. The molecule has 0 aliphatic rings. The minimum atomic E-state index is 0.557. The number of hydrogen-bond donors (Lipinski definition) is 0. The van der Waals surface area contributed by atoms with Crippen LogP contribution in [0.5, 0.6) is 11.5 Å². The number of rotatable bonds is 10. The van der Waals surface area contributed by atoms with Gasteiger partial charge in [0.1, 0.15) is 18.1 Å². The smallest absolute Gasteiger partial charge is 0.123 e. The molecule has 0 spiro atoms. The van der Waals surface area contributed by atoms with Gasteiger partial charge in [0.2, 0.25) is 0 Å². The van der Waals surface area contributed by atoms with Gasteiger partial charge < -0.3 is 14.2 Å². The highest BCUT2D eigenvalue weighted by atomic mass is 79.9. The van der Waals surface area contributed by atoms with Gasteiger partial charge >= 0.3 is 0 Å². The van der Waals surface area contributed by atoms with Crippen molar-refractivity contribution in [3.05, 3.63) is 59.7 Å². The standard InChI is InChI=1S/C19H23BrO3/c1-21-10-5-11-22-18-12-17(8-9-20)13-19(14-18)23-15-16-6-3-2-4-7-16/h2-4,6-7,12-14H,5,8-11,15H2,1H3. The van der Waals surface area contributed by atoms with E-state index in [9.17, 15) is 0 Å². The summed E-state index contributed by atoms with van der Waals surface area (Å²) in [7, 11) is 1.70. The van der Waals surface area contributed by atoms with Gasteiger partial charge in [-0.25, -0.2) is 0 Å². The molecule has 2 rings (SSSR count). The van der Waals surface area contributed by atoms with Crippen molar-refractivity contribution >= 4 is 15.9 Å². The lowest BCUT2D eigenvalue weighted by Crippen LogP contribution is -2.03. The van der Waals surface area contributed by atoms with E-state index in [-0.39, 0.29) is 0 Å². The Kier molecular flexibility index (Phi) is 7.98. The summed E-state index contributed by atoms with van der Waals surface area (Å²) >= 11 is 3.49. The van der Waals surface area contributed by atoms with Crippen molar-refractivity contribution < 1.29 is 14.2 Å². The average molecular weight is 379 g/mol. The molecular formula is C19H23BrO3. The van der Waals surface area contributed by atoms with Crippen LogP contribution in [0.2, 0.25) is 0 Å². The Labute approximate surface area is 146 Å². The Morgan fingerprint density at radius 3 is 2.30 bits per heavy atom. The molecule has 0 radical (unpaired) electrons. The Hall–Kier alpha value is -1.52. The first-order valence-electron chi connectivity index (χ1n) is 7.80. The Morgan fingerprint density at radius 2 is 1.61 bits per heavy atom. The molecule has 0 saturated heterocycles. The zero-order chi connectivity index (χ0) is 16.3. The first-order valence-corrected chi connectivity index (χ1v) is 8.92. The molecule has 0 heterocycles. The average Bonchev–Trinajstić information content (AvgIpc) is 2.58. The Morgan fingerprint density at radius 1 is 0.870 bits per heavy atom. The summed E-state index contributed by atoms with van der Waals surface area (Å²) in [6, 6.07) is 16.3. The van der Waals surface area contributed by atoms with E-state index in [4.69, 9.17) is 14.2 Å². The molecule has 23 heavy (non-hydrogen) atoms. The van der Waals surface area contributed by atoms with Crippen LogP contribution in [0.4, 0.5) is 0 Å². The maximum atomic E-state index is 5.93. The quantitative estimate of drug-likeness (QED) is 0.445. The van der Waals surface area contributed by atoms with Crippen LogP contribution in [0.1, 0.15) is 17.5 Å². The van der Waals surface area contributed by atoms with Gasteiger partial charge in [-0.2, -0.15) is 0 Å². The lowest BCUT2D eigenvalue weighted by molar-refractivity contribution is 0.172. The summed E-state index contributed by atoms with van der Waals surface area (Å²) in [4.78, 5) is 0. The number of aryl methyl sites for hydroxylation is 1. The normalized spacial score (nSPS) is 10.5. The molecule has 4 heteroatoms. The zero-order valence-electron chi connectivity index (χ0n) is 13.5. The van der Waals surface area contributed by atoms with Gasteiger partial charge in [-0.3, -0.25) is 0 Å². The lowest BCUT2D eigenvalue weighted by Gasteiger charge is -2.12. The molecule has 0 saturated carbocycles. The van der Waals surface area contributed by atoms with Crippen molar-refractivity contribution in [1.82, 2.24) is 0 Å². The fraction of sp³-hybridized carbons (Fsp3) is 0.368. The van der Waals surface area contributed by atoms with Gasteiger partial charge in [0.25, 0.3) is 0 Å². The molecule has 2 aromatic rings. The first-order chi connectivity index (χ1) is 11.3.